The van der Waals surface area contributed by atoms with Gasteiger partial charge in [0.15, 0.2) is 5.56 Å². The Morgan fingerprint density at radius 2 is 1.80 bits per heavy atom. The lowest BCUT2D eigenvalue weighted by Crippen LogP contribution is -2.41. The predicted octanol–water partition coefficient (Wildman–Crippen LogP) is 5.50. The molecule has 5 nitrogen and oxygen atoms in total. The molecule has 5 rings (SSSR count). The molecule has 35 heavy (non-hydrogen) atoms. The van der Waals surface area contributed by atoms with Crippen LogP contribution >= 0.6 is 11.3 Å². The Labute approximate surface area is 206 Å². The Morgan fingerprint density at radius 1 is 1.03 bits per heavy atom. The first kappa shape index (κ1) is 22.9. The molecule has 0 aliphatic heterocycles. The second-order valence-corrected chi connectivity index (χ2v) is 10.2. The maximum Gasteiger partial charge on any atom is 0.354 e. The quantitative estimate of drug-likeness (QED) is 0.341. The smallest absolute Gasteiger partial charge is 0.354 e. The molecule has 3 heterocycles. The number of aryl methyl sites for hydroxylation is 4. The van der Waals surface area contributed by atoms with Crippen molar-refractivity contribution in [3.8, 4) is 28.1 Å². The van der Waals surface area contributed by atoms with Crippen molar-refractivity contribution in [3.63, 3.8) is 0 Å². The fraction of sp³-hybridized carbons (Fsp3) is 0.179. The number of fused-ring (bicyclic) bond motifs is 1. The van der Waals surface area contributed by atoms with Gasteiger partial charge in [0, 0.05) is 17.3 Å². The number of hydrogen-bond donors (Lipinski definition) is 1. The first-order valence-corrected chi connectivity index (χ1v) is 12.1. The molecule has 0 aliphatic carbocycles. The van der Waals surface area contributed by atoms with Crippen molar-refractivity contribution >= 4 is 17.0 Å². The fourth-order valence-electron chi connectivity index (χ4n) is 4.63. The number of rotatable bonds is 4. The van der Waals surface area contributed by atoms with E-state index < -0.39 is 11.4 Å². The molecule has 0 atom stereocenters. The lowest BCUT2D eigenvalue weighted by Gasteiger charge is -2.13. The van der Waals surface area contributed by atoms with Crippen molar-refractivity contribution in [2.45, 2.75) is 34.2 Å². The molecule has 0 saturated heterocycles. The van der Waals surface area contributed by atoms with Crippen LogP contribution in [0.15, 0.2) is 65.7 Å². The van der Waals surface area contributed by atoms with Gasteiger partial charge in [0.25, 0.3) is 11.5 Å². The number of thiazole rings is 1. The number of aromatic nitrogens is 3. The summed E-state index contributed by atoms with van der Waals surface area (Å²) in [5, 5.41) is 12.4. The lowest BCUT2D eigenvalue weighted by molar-refractivity contribution is -0.671. The van der Waals surface area contributed by atoms with Crippen molar-refractivity contribution < 1.29 is 14.1 Å². The molecule has 1 N–H and O–H groups in total. The van der Waals surface area contributed by atoms with Gasteiger partial charge in [-0.3, -0.25) is 0 Å². The minimum Gasteiger partial charge on any atom is -0.477 e. The lowest BCUT2D eigenvalue weighted by atomic mass is 9.95. The summed E-state index contributed by atoms with van der Waals surface area (Å²) in [7, 11) is 0. The van der Waals surface area contributed by atoms with Crippen molar-refractivity contribution in [2.24, 2.45) is 0 Å². The molecule has 0 unspecified atom stereocenters. The number of aromatic hydroxyl groups is 1. The zero-order valence-corrected chi connectivity index (χ0v) is 20.8. The number of benzene rings is 2. The van der Waals surface area contributed by atoms with Crippen LogP contribution in [-0.4, -0.2) is 14.5 Å². The van der Waals surface area contributed by atoms with Gasteiger partial charge >= 0.3 is 5.56 Å². The van der Waals surface area contributed by atoms with Crippen molar-refractivity contribution in [1.29, 1.82) is 0 Å². The standard InChI is InChI=1S/C28H24FN3O2S/c1-16-7-8-24(18(3)10-16)20-11-21(13-22(29)12-20)25-27(33)31-9-5-6-17(2)26(31)32(28(25)34)15-23-14-30-19(4)35-23/h5-14H,15H2,1-4H3/p+1. The third-order valence-electron chi connectivity index (χ3n) is 6.19. The average molecular weight is 487 g/mol. The van der Waals surface area contributed by atoms with E-state index in [1.165, 1.54) is 27.9 Å². The monoisotopic (exact) mass is 486 g/mol. The molecule has 7 heteroatoms. The minimum absolute atomic E-state index is 0.0554. The van der Waals surface area contributed by atoms with E-state index in [0.717, 1.165) is 32.1 Å². The third kappa shape index (κ3) is 4.12. The molecular formula is C28H25FN3O2S+. The van der Waals surface area contributed by atoms with Gasteiger partial charge in [-0.15, -0.1) is 11.3 Å². The number of nitrogens with zero attached hydrogens (tertiary/aromatic N) is 3. The normalized spacial score (nSPS) is 11.3. The summed E-state index contributed by atoms with van der Waals surface area (Å²) in [4.78, 5) is 18.9. The van der Waals surface area contributed by atoms with Crippen LogP contribution in [-0.2, 0) is 6.54 Å². The van der Waals surface area contributed by atoms with Crippen LogP contribution < -0.4 is 10.1 Å². The number of pyridine rings is 1. The van der Waals surface area contributed by atoms with Crippen LogP contribution in [0.25, 0.3) is 27.9 Å². The molecule has 0 radical (unpaired) electrons. The number of halogens is 1. The molecule has 176 valence electrons. The van der Waals surface area contributed by atoms with Crippen molar-refractivity contribution in [2.75, 3.05) is 0 Å². The van der Waals surface area contributed by atoms with Gasteiger partial charge in [-0.25, -0.2) is 14.2 Å². The average Bonchev–Trinajstić information content (AvgIpc) is 3.21. The Kier molecular flexibility index (Phi) is 5.73. The summed E-state index contributed by atoms with van der Waals surface area (Å²) >= 11 is 1.53. The highest BCUT2D eigenvalue weighted by molar-refractivity contribution is 7.11. The predicted molar refractivity (Wildman–Crippen MR) is 137 cm³/mol. The van der Waals surface area contributed by atoms with Crippen LogP contribution in [0.4, 0.5) is 4.39 Å². The molecule has 0 amide bonds. The highest BCUT2D eigenvalue weighted by Gasteiger charge is 2.27. The minimum atomic E-state index is -0.477. The second-order valence-electron chi connectivity index (χ2n) is 8.87. The molecule has 0 fully saturated rings. The van der Waals surface area contributed by atoms with E-state index in [9.17, 15) is 14.3 Å². The summed E-state index contributed by atoms with van der Waals surface area (Å²) in [6.07, 6.45) is 3.44. The Bertz CT molecular complexity index is 1670. The van der Waals surface area contributed by atoms with E-state index >= 15 is 0 Å². The summed E-state index contributed by atoms with van der Waals surface area (Å²) in [5.41, 5.74) is 5.03. The van der Waals surface area contributed by atoms with Crippen LogP contribution in [0.2, 0.25) is 0 Å². The summed E-state index contributed by atoms with van der Waals surface area (Å²) in [6, 6.07) is 14.2. The van der Waals surface area contributed by atoms with Gasteiger partial charge in [0.2, 0.25) is 0 Å². The summed E-state index contributed by atoms with van der Waals surface area (Å²) in [6.45, 7) is 8.13. The molecule has 2 aromatic carbocycles. The fourth-order valence-corrected chi connectivity index (χ4v) is 5.41. The van der Waals surface area contributed by atoms with Crippen molar-refractivity contribution in [3.05, 3.63) is 104 Å². The van der Waals surface area contributed by atoms with Gasteiger partial charge in [0.05, 0.1) is 16.1 Å². The van der Waals surface area contributed by atoms with E-state index in [1.807, 2.05) is 52.0 Å². The molecule has 0 spiro atoms. The maximum atomic E-state index is 14.9. The molecule has 0 saturated carbocycles. The van der Waals surface area contributed by atoms with Gasteiger partial charge in [-0.05, 0) is 74.7 Å². The van der Waals surface area contributed by atoms with E-state index in [-0.39, 0.29) is 11.4 Å². The maximum absolute atomic E-state index is 14.9. The van der Waals surface area contributed by atoms with E-state index in [2.05, 4.69) is 4.98 Å². The molecule has 0 aliphatic rings. The largest absolute Gasteiger partial charge is 0.477 e. The Morgan fingerprint density at radius 3 is 2.51 bits per heavy atom. The summed E-state index contributed by atoms with van der Waals surface area (Å²) < 4.78 is 18.1. The highest BCUT2D eigenvalue weighted by Crippen LogP contribution is 2.32. The Balaban J connectivity index is 1.79. The zero-order chi connectivity index (χ0) is 24.9. The van der Waals surface area contributed by atoms with Crippen LogP contribution in [0, 0.1) is 33.5 Å². The molecule has 0 bridgehead atoms. The van der Waals surface area contributed by atoms with Gasteiger partial charge in [0.1, 0.15) is 12.4 Å². The molecular weight excluding hydrogens is 461 g/mol. The Hall–Kier alpha value is -3.84. The highest BCUT2D eigenvalue weighted by atomic mass is 32.1. The van der Waals surface area contributed by atoms with Gasteiger partial charge in [-0.2, -0.15) is 8.97 Å². The first-order chi connectivity index (χ1) is 16.7. The van der Waals surface area contributed by atoms with Crippen LogP contribution in [0.1, 0.15) is 26.6 Å². The van der Waals surface area contributed by atoms with E-state index in [4.69, 9.17) is 0 Å². The van der Waals surface area contributed by atoms with Gasteiger partial charge in [-0.1, -0.05) is 23.8 Å². The third-order valence-corrected chi connectivity index (χ3v) is 7.09. The zero-order valence-electron chi connectivity index (χ0n) is 20.0. The summed E-state index contributed by atoms with van der Waals surface area (Å²) in [5.74, 6) is -0.678. The van der Waals surface area contributed by atoms with Gasteiger partial charge < -0.3 is 5.11 Å². The van der Waals surface area contributed by atoms with E-state index in [0.29, 0.717) is 23.3 Å². The molecule has 5 aromatic rings. The topological polar surface area (TPSA) is 58.5 Å². The van der Waals surface area contributed by atoms with E-state index in [1.54, 1.807) is 29.1 Å². The second kappa shape index (κ2) is 8.74. The first-order valence-electron chi connectivity index (χ1n) is 11.3. The van der Waals surface area contributed by atoms with Crippen molar-refractivity contribution in [1.82, 2.24) is 9.38 Å². The van der Waals surface area contributed by atoms with Crippen LogP contribution in [0.5, 0.6) is 5.88 Å². The SMILES string of the molecule is Cc1ccc(-c2cc(F)cc(-c3c(O)[n+](Cc4cnc(C)s4)c4c(C)cccn4c3=O)c2)c(C)c1. The van der Waals surface area contributed by atoms with Crippen LogP contribution in [0.3, 0.4) is 0 Å². The number of hydrogen-bond acceptors (Lipinski definition) is 4. The molecule has 3 aromatic heterocycles.